The summed E-state index contributed by atoms with van der Waals surface area (Å²) in [7, 11) is 0. The Hall–Kier alpha value is -2.88. The largest absolute Gasteiger partial charge is 0.306 e. The Balaban J connectivity index is 1.53. The highest BCUT2D eigenvalue weighted by Gasteiger charge is 2.16. The van der Waals surface area contributed by atoms with Gasteiger partial charge < -0.3 is 4.57 Å². The minimum atomic E-state index is 0.711. The van der Waals surface area contributed by atoms with Crippen molar-refractivity contribution < 1.29 is 0 Å². The van der Waals surface area contributed by atoms with Gasteiger partial charge in [-0.2, -0.15) is 0 Å². The Morgan fingerprint density at radius 1 is 0.885 bits per heavy atom. The lowest BCUT2D eigenvalue weighted by Gasteiger charge is -2.21. The third-order valence-electron chi connectivity index (χ3n) is 5.56. The summed E-state index contributed by atoms with van der Waals surface area (Å²) >= 11 is 0. The van der Waals surface area contributed by atoms with E-state index in [1.807, 2.05) is 23.4 Å². The second-order valence-electron chi connectivity index (χ2n) is 7.19. The molecule has 0 atom stereocenters. The van der Waals surface area contributed by atoms with E-state index in [2.05, 4.69) is 57.0 Å². The molecule has 0 bridgehead atoms. The average Bonchev–Trinajstić information content (AvgIpc) is 3.38. The van der Waals surface area contributed by atoms with Crippen LogP contribution in [0.15, 0.2) is 67.5 Å². The molecule has 2 aromatic carbocycles. The molecule has 4 heteroatoms. The van der Waals surface area contributed by atoms with E-state index >= 15 is 0 Å². The molecule has 0 N–H and O–H groups in total. The Morgan fingerprint density at radius 3 is 2.62 bits per heavy atom. The predicted octanol–water partition coefficient (Wildman–Crippen LogP) is 5.26. The molecule has 1 fully saturated rings. The van der Waals surface area contributed by atoms with E-state index in [-0.39, 0.29) is 0 Å². The van der Waals surface area contributed by atoms with Gasteiger partial charge in [0.1, 0.15) is 6.33 Å². The Kier molecular flexibility index (Phi) is 3.81. The minimum absolute atomic E-state index is 0.711. The van der Waals surface area contributed by atoms with Gasteiger partial charge in [0.25, 0.3) is 0 Å². The van der Waals surface area contributed by atoms with Gasteiger partial charge in [0.15, 0.2) is 0 Å². The highest BCUT2D eigenvalue weighted by molar-refractivity contribution is 5.78. The number of hydrogen-bond donors (Lipinski definition) is 0. The van der Waals surface area contributed by atoms with Crippen molar-refractivity contribution in [2.75, 3.05) is 0 Å². The van der Waals surface area contributed by atoms with Crippen LogP contribution in [-0.4, -0.2) is 19.1 Å². The highest BCUT2D eigenvalue weighted by atomic mass is 15.1. The molecule has 26 heavy (non-hydrogen) atoms. The monoisotopic (exact) mass is 342 g/mol. The van der Waals surface area contributed by atoms with Crippen LogP contribution in [0, 0.1) is 0 Å². The first-order valence-corrected chi connectivity index (χ1v) is 9.44. The molecule has 2 heterocycles. The second-order valence-corrected chi connectivity index (χ2v) is 7.19. The van der Waals surface area contributed by atoms with Crippen LogP contribution in [0.3, 0.4) is 0 Å². The lowest BCUT2D eigenvalue weighted by Crippen LogP contribution is -2.04. The van der Waals surface area contributed by atoms with E-state index in [4.69, 9.17) is 0 Å². The Bertz CT molecular complexity index is 1020. The van der Waals surface area contributed by atoms with Crippen molar-refractivity contribution in [1.82, 2.24) is 19.1 Å². The number of nitrogens with zero attached hydrogens (tertiary/aromatic N) is 4. The molecule has 1 aliphatic carbocycles. The number of aromatic nitrogens is 4. The van der Waals surface area contributed by atoms with Crippen molar-refractivity contribution in [2.24, 2.45) is 0 Å². The summed E-state index contributed by atoms with van der Waals surface area (Å²) in [5, 5.41) is 0. The van der Waals surface area contributed by atoms with Gasteiger partial charge in [-0.25, -0.2) is 9.97 Å². The van der Waals surface area contributed by atoms with Gasteiger partial charge in [-0.05, 0) is 54.7 Å². The molecular weight excluding hydrogens is 320 g/mol. The molecule has 130 valence electrons. The first kappa shape index (κ1) is 15.4. The maximum atomic E-state index is 4.69. The Morgan fingerprint density at radius 2 is 1.77 bits per heavy atom. The maximum Gasteiger partial charge on any atom is 0.100 e. The van der Waals surface area contributed by atoms with Crippen molar-refractivity contribution in [2.45, 2.75) is 38.0 Å². The van der Waals surface area contributed by atoms with Crippen LogP contribution in [0.2, 0.25) is 0 Å². The molecule has 0 amide bonds. The lowest BCUT2D eigenvalue weighted by atomic mass is 9.84. The number of hydrogen-bond acceptors (Lipinski definition) is 2. The average molecular weight is 342 g/mol. The first-order valence-electron chi connectivity index (χ1n) is 9.44. The third kappa shape index (κ3) is 2.71. The van der Waals surface area contributed by atoms with Gasteiger partial charge in [0.2, 0.25) is 0 Å². The van der Waals surface area contributed by atoms with Crippen LogP contribution in [0.4, 0.5) is 0 Å². The number of benzene rings is 2. The normalized spacial score (nSPS) is 15.5. The van der Waals surface area contributed by atoms with E-state index in [1.54, 1.807) is 6.20 Å². The summed E-state index contributed by atoms with van der Waals surface area (Å²) in [4.78, 5) is 8.83. The molecule has 0 saturated heterocycles. The van der Waals surface area contributed by atoms with Gasteiger partial charge >= 0.3 is 0 Å². The first-order chi connectivity index (χ1) is 12.9. The van der Waals surface area contributed by atoms with Crippen molar-refractivity contribution in [3.63, 3.8) is 0 Å². The minimum Gasteiger partial charge on any atom is -0.306 e. The molecule has 1 saturated carbocycles. The quantitative estimate of drug-likeness (QED) is 0.509. The molecule has 5 rings (SSSR count). The number of fused-ring (bicyclic) bond motifs is 1. The zero-order valence-corrected chi connectivity index (χ0v) is 14.8. The third-order valence-corrected chi connectivity index (χ3v) is 5.56. The van der Waals surface area contributed by atoms with Crippen molar-refractivity contribution >= 4 is 11.0 Å². The van der Waals surface area contributed by atoms with Crippen molar-refractivity contribution in [1.29, 1.82) is 0 Å². The topological polar surface area (TPSA) is 35.6 Å². The SMILES string of the molecule is c1cc(-n2ccnc2)cc(-n2cnc3cc(C4CCCCC4)ccc32)c1. The van der Waals surface area contributed by atoms with Gasteiger partial charge in [0, 0.05) is 23.8 Å². The van der Waals surface area contributed by atoms with E-state index < -0.39 is 0 Å². The van der Waals surface area contributed by atoms with Crippen molar-refractivity contribution in [3.05, 3.63) is 73.1 Å². The van der Waals surface area contributed by atoms with Gasteiger partial charge in [0.05, 0.1) is 17.4 Å². The molecule has 4 aromatic rings. The summed E-state index contributed by atoms with van der Waals surface area (Å²) < 4.78 is 4.18. The summed E-state index contributed by atoms with van der Waals surface area (Å²) in [6, 6.07) is 15.3. The van der Waals surface area contributed by atoms with Crippen LogP contribution in [-0.2, 0) is 0 Å². The standard InChI is InChI=1S/C22H22N4/c1-2-5-17(6-3-1)18-9-10-22-21(13-18)24-16-26(22)20-8-4-7-19(14-20)25-12-11-23-15-25/h4,7-17H,1-3,5-6H2. The zero-order valence-electron chi connectivity index (χ0n) is 14.8. The zero-order chi connectivity index (χ0) is 17.3. The fourth-order valence-corrected chi connectivity index (χ4v) is 4.14. The van der Waals surface area contributed by atoms with Crippen LogP contribution >= 0.6 is 0 Å². The van der Waals surface area contributed by atoms with Gasteiger partial charge in [-0.15, -0.1) is 0 Å². The predicted molar refractivity (Wildman–Crippen MR) is 104 cm³/mol. The van der Waals surface area contributed by atoms with Gasteiger partial charge in [-0.1, -0.05) is 31.4 Å². The van der Waals surface area contributed by atoms with E-state index in [1.165, 1.54) is 37.7 Å². The van der Waals surface area contributed by atoms with Crippen LogP contribution < -0.4 is 0 Å². The molecular formula is C22H22N4. The fourth-order valence-electron chi connectivity index (χ4n) is 4.14. The summed E-state index contributed by atoms with van der Waals surface area (Å²) in [6.07, 6.45) is 14.3. The smallest absolute Gasteiger partial charge is 0.100 e. The van der Waals surface area contributed by atoms with Crippen LogP contribution in [0.1, 0.15) is 43.6 Å². The van der Waals surface area contributed by atoms with E-state index in [0.29, 0.717) is 5.92 Å². The van der Waals surface area contributed by atoms with Crippen LogP contribution in [0.5, 0.6) is 0 Å². The summed E-state index contributed by atoms with van der Waals surface area (Å²) in [5.74, 6) is 0.711. The maximum absolute atomic E-state index is 4.69. The van der Waals surface area contributed by atoms with Crippen LogP contribution in [0.25, 0.3) is 22.4 Å². The summed E-state index contributed by atoms with van der Waals surface area (Å²) in [6.45, 7) is 0. The summed E-state index contributed by atoms with van der Waals surface area (Å²) in [5.41, 5.74) is 5.91. The molecule has 4 nitrogen and oxygen atoms in total. The molecule has 0 radical (unpaired) electrons. The highest BCUT2D eigenvalue weighted by Crippen LogP contribution is 2.34. The number of imidazole rings is 2. The molecule has 0 spiro atoms. The molecule has 1 aliphatic rings. The van der Waals surface area contributed by atoms with Gasteiger partial charge in [-0.3, -0.25) is 4.57 Å². The number of rotatable bonds is 3. The molecule has 0 unspecified atom stereocenters. The second kappa shape index (κ2) is 6.45. The van der Waals surface area contributed by atoms with E-state index in [9.17, 15) is 0 Å². The molecule has 0 aliphatic heterocycles. The fraction of sp³-hybridized carbons (Fsp3) is 0.273. The van der Waals surface area contributed by atoms with E-state index in [0.717, 1.165) is 22.4 Å². The Labute approximate surface area is 153 Å². The molecule has 2 aromatic heterocycles. The van der Waals surface area contributed by atoms with Crippen molar-refractivity contribution in [3.8, 4) is 11.4 Å². The lowest BCUT2D eigenvalue weighted by molar-refractivity contribution is 0.444.